The van der Waals surface area contributed by atoms with Gasteiger partial charge >= 0.3 is 6.09 Å². The Morgan fingerprint density at radius 3 is 2.26 bits per heavy atom. The number of carbonyl (C=O) groups is 2. The van der Waals surface area contributed by atoms with Crippen LogP contribution in [-0.2, 0) is 23.8 Å². The molecule has 10 nitrogen and oxygen atoms in total. The number of para-hydroxylation sites is 1. The molecule has 0 aromatic heterocycles. The van der Waals surface area contributed by atoms with Crippen LogP contribution in [0.5, 0.6) is 0 Å². The largest absolute Gasteiger partial charge is 0.444 e. The normalized spacial score (nSPS) is 20.0. The number of benzene rings is 2. The number of rotatable bonds is 5. The van der Waals surface area contributed by atoms with Gasteiger partial charge in [-0.1, -0.05) is 29.8 Å². The molecule has 0 bridgehead atoms. The first-order chi connectivity index (χ1) is 18.4. The zero-order chi connectivity index (χ0) is 28.4. The predicted octanol–water partition coefficient (Wildman–Crippen LogP) is 3.30. The number of ether oxygens (including phenoxy) is 1. The average molecular weight is 555 g/mol. The quantitative estimate of drug-likeness (QED) is 0.517. The molecule has 208 valence electrons. The van der Waals surface area contributed by atoms with E-state index in [-0.39, 0.29) is 23.8 Å². The van der Waals surface area contributed by atoms with E-state index in [1.807, 2.05) is 25.1 Å². The van der Waals surface area contributed by atoms with Gasteiger partial charge in [-0.05, 0) is 52.0 Å². The lowest BCUT2D eigenvalue weighted by Crippen LogP contribution is -2.55. The van der Waals surface area contributed by atoms with E-state index in [0.29, 0.717) is 31.7 Å². The molecule has 0 spiro atoms. The summed E-state index contributed by atoms with van der Waals surface area (Å²) in [5.74, 6) is -0.284. The first-order valence-corrected chi connectivity index (χ1v) is 14.3. The third kappa shape index (κ3) is 6.69. The maximum absolute atomic E-state index is 13.7. The van der Waals surface area contributed by atoms with Crippen molar-refractivity contribution in [2.24, 2.45) is 0 Å². The Morgan fingerprint density at radius 1 is 1.00 bits per heavy atom. The molecule has 2 fully saturated rings. The van der Waals surface area contributed by atoms with Gasteiger partial charge in [0.25, 0.3) is 10.1 Å². The van der Waals surface area contributed by atoms with Gasteiger partial charge in [-0.25, -0.2) is 4.79 Å². The Bertz CT molecular complexity index is 1360. The highest BCUT2D eigenvalue weighted by Crippen LogP contribution is 2.29. The first-order valence-electron chi connectivity index (χ1n) is 12.9. The van der Waals surface area contributed by atoms with E-state index in [2.05, 4.69) is 11.0 Å². The molecular formula is C28H34N4O6S. The van der Waals surface area contributed by atoms with Gasteiger partial charge in [0.05, 0.1) is 28.8 Å². The van der Waals surface area contributed by atoms with Crippen LogP contribution in [0.2, 0.25) is 0 Å². The van der Waals surface area contributed by atoms with E-state index < -0.39 is 34.0 Å². The molecule has 2 saturated heterocycles. The molecule has 39 heavy (non-hydrogen) atoms. The molecule has 0 unspecified atom stereocenters. The van der Waals surface area contributed by atoms with E-state index in [0.717, 1.165) is 11.3 Å². The lowest BCUT2D eigenvalue weighted by atomic mass is 10.1. The van der Waals surface area contributed by atoms with Gasteiger partial charge in [0.1, 0.15) is 17.7 Å². The summed E-state index contributed by atoms with van der Waals surface area (Å²) in [4.78, 5) is 31.8. The molecule has 0 aliphatic carbocycles. The standard InChI is InChI=1S/C28H34N4O6S/c1-20-9-11-23(12-10-20)39(35,36)38-22-17-25(32(19-22)27(34)37-28(2,3)4)26(33)31-15-13-30(14-16-31)24-8-6-5-7-21(24)18-29/h5-12,22,25H,13-17,19H2,1-4H3/t22-,25+/m1/s1. The molecule has 2 aliphatic rings. The van der Waals surface area contributed by atoms with Crippen LogP contribution in [0.3, 0.4) is 0 Å². The molecule has 0 radical (unpaired) electrons. The summed E-state index contributed by atoms with van der Waals surface area (Å²) in [6.07, 6.45) is -1.57. The minimum Gasteiger partial charge on any atom is -0.444 e. The topological polar surface area (TPSA) is 120 Å². The van der Waals surface area contributed by atoms with E-state index in [1.165, 1.54) is 17.0 Å². The minimum absolute atomic E-state index is 0.0143. The smallest absolute Gasteiger partial charge is 0.411 e. The van der Waals surface area contributed by atoms with Crippen molar-refractivity contribution in [2.45, 2.75) is 56.8 Å². The monoisotopic (exact) mass is 554 g/mol. The van der Waals surface area contributed by atoms with Gasteiger partial charge < -0.3 is 14.5 Å². The highest BCUT2D eigenvalue weighted by molar-refractivity contribution is 7.86. The predicted molar refractivity (Wildman–Crippen MR) is 145 cm³/mol. The maximum atomic E-state index is 13.7. The van der Waals surface area contributed by atoms with Crippen LogP contribution in [0.15, 0.2) is 53.4 Å². The molecule has 0 saturated carbocycles. The fourth-order valence-corrected chi connectivity index (χ4v) is 5.86. The summed E-state index contributed by atoms with van der Waals surface area (Å²) in [6.45, 7) is 8.77. The van der Waals surface area contributed by atoms with E-state index in [4.69, 9.17) is 8.92 Å². The summed E-state index contributed by atoms with van der Waals surface area (Å²) in [6, 6.07) is 14.9. The Balaban J connectivity index is 1.49. The van der Waals surface area contributed by atoms with Crippen LogP contribution in [-0.4, -0.2) is 80.7 Å². The number of amides is 2. The summed E-state index contributed by atoms with van der Waals surface area (Å²) in [5, 5.41) is 9.44. The molecule has 2 aromatic rings. The van der Waals surface area contributed by atoms with Crippen molar-refractivity contribution in [2.75, 3.05) is 37.6 Å². The fourth-order valence-electron chi connectivity index (χ4n) is 4.79. The molecule has 11 heteroatoms. The zero-order valence-corrected chi connectivity index (χ0v) is 23.5. The van der Waals surface area contributed by atoms with E-state index in [1.54, 1.807) is 43.9 Å². The van der Waals surface area contributed by atoms with Crippen LogP contribution < -0.4 is 4.90 Å². The highest BCUT2D eigenvalue weighted by Gasteiger charge is 2.45. The highest BCUT2D eigenvalue weighted by atomic mass is 32.2. The first kappa shape index (κ1) is 28.4. The molecule has 2 amide bonds. The number of aryl methyl sites for hydroxylation is 1. The van der Waals surface area contributed by atoms with Crippen LogP contribution in [0.4, 0.5) is 10.5 Å². The Hall–Kier alpha value is -3.62. The molecule has 2 aromatic carbocycles. The summed E-state index contributed by atoms with van der Waals surface area (Å²) >= 11 is 0. The van der Waals surface area contributed by atoms with E-state index >= 15 is 0 Å². The number of anilines is 1. The number of carbonyl (C=O) groups excluding carboxylic acids is 2. The van der Waals surface area contributed by atoms with Crippen molar-refractivity contribution >= 4 is 27.8 Å². The summed E-state index contributed by atoms with van der Waals surface area (Å²) < 4.78 is 36.9. The van der Waals surface area contributed by atoms with Gasteiger partial charge in [0, 0.05) is 32.6 Å². The van der Waals surface area contributed by atoms with E-state index in [9.17, 15) is 23.3 Å². The van der Waals surface area contributed by atoms with Crippen molar-refractivity contribution in [1.29, 1.82) is 5.26 Å². The lowest BCUT2D eigenvalue weighted by molar-refractivity contribution is -0.136. The number of piperazine rings is 1. The molecule has 2 atom stereocenters. The second kappa shape index (κ2) is 11.2. The van der Waals surface area contributed by atoms with Crippen LogP contribution >= 0.6 is 0 Å². The van der Waals surface area contributed by atoms with Crippen LogP contribution in [0.25, 0.3) is 0 Å². The Kier molecular flexibility index (Phi) is 8.18. The number of nitrogens with zero attached hydrogens (tertiary/aromatic N) is 4. The van der Waals surface area contributed by atoms with Gasteiger partial charge in [-0.3, -0.25) is 13.9 Å². The number of hydrogen-bond donors (Lipinski definition) is 0. The molecule has 4 rings (SSSR count). The molecule has 2 aliphatic heterocycles. The number of hydrogen-bond acceptors (Lipinski definition) is 8. The number of nitriles is 1. The Morgan fingerprint density at radius 2 is 1.64 bits per heavy atom. The fraction of sp³-hybridized carbons (Fsp3) is 0.464. The molecule has 2 heterocycles. The second-order valence-electron chi connectivity index (χ2n) is 10.8. The molecule has 0 N–H and O–H groups in total. The summed E-state index contributed by atoms with van der Waals surface area (Å²) in [5.41, 5.74) is 1.50. The second-order valence-corrected chi connectivity index (χ2v) is 12.4. The summed E-state index contributed by atoms with van der Waals surface area (Å²) in [7, 11) is -4.10. The van der Waals surface area contributed by atoms with Gasteiger partial charge in [-0.15, -0.1) is 0 Å². The van der Waals surface area contributed by atoms with Gasteiger partial charge in [0.2, 0.25) is 5.91 Å². The SMILES string of the molecule is Cc1ccc(S(=O)(=O)O[C@@H]2C[C@@H](C(=O)N3CCN(c4ccccc4C#N)CC3)N(C(=O)OC(C)(C)C)C2)cc1. The van der Waals surface area contributed by atoms with Crippen molar-refractivity contribution in [3.63, 3.8) is 0 Å². The van der Waals surface area contributed by atoms with Crippen molar-refractivity contribution < 1.29 is 26.9 Å². The average Bonchev–Trinajstić information content (AvgIpc) is 3.31. The van der Waals surface area contributed by atoms with Crippen LogP contribution in [0, 0.1) is 18.3 Å². The van der Waals surface area contributed by atoms with Gasteiger partial charge in [-0.2, -0.15) is 13.7 Å². The number of likely N-dealkylation sites (tertiary alicyclic amines) is 1. The molecular weight excluding hydrogens is 520 g/mol. The van der Waals surface area contributed by atoms with Crippen molar-refractivity contribution in [3.05, 3.63) is 59.7 Å². The van der Waals surface area contributed by atoms with Crippen molar-refractivity contribution in [1.82, 2.24) is 9.80 Å². The minimum atomic E-state index is -4.10. The lowest BCUT2D eigenvalue weighted by Gasteiger charge is -2.38. The maximum Gasteiger partial charge on any atom is 0.411 e. The van der Waals surface area contributed by atoms with Gasteiger partial charge in [0.15, 0.2) is 0 Å². The third-order valence-corrected chi connectivity index (χ3v) is 8.08. The third-order valence-electron chi connectivity index (χ3n) is 6.70. The van der Waals surface area contributed by atoms with Crippen molar-refractivity contribution in [3.8, 4) is 6.07 Å². The zero-order valence-electron chi connectivity index (χ0n) is 22.7. The Labute approximate surface area is 229 Å². The van der Waals surface area contributed by atoms with Crippen LogP contribution in [0.1, 0.15) is 38.3 Å².